The molecule has 2 aromatic carbocycles. The van der Waals surface area contributed by atoms with Crippen LogP contribution < -0.4 is 0 Å². The lowest BCUT2D eigenvalue weighted by Crippen LogP contribution is -1.75. The first-order valence-electron chi connectivity index (χ1n) is 5.12. The summed E-state index contributed by atoms with van der Waals surface area (Å²) in [4.78, 5) is 0. The molecule has 0 spiro atoms. The molecular formula is C15H11N. The number of rotatable bonds is 2. The Morgan fingerprint density at radius 3 is 1.88 bits per heavy atom. The van der Waals surface area contributed by atoms with Crippen molar-refractivity contribution in [2.24, 2.45) is 0 Å². The van der Waals surface area contributed by atoms with E-state index in [4.69, 9.17) is 5.26 Å². The van der Waals surface area contributed by atoms with Gasteiger partial charge in [-0.15, -0.1) is 0 Å². The molecule has 0 aliphatic carbocycles. The molecule has 1 nitrogen and oxygen atoms in total. The van der Waals surface area contributed by atoms with Crippen molar-refractivity contribution in [3.8, 4) is 6.07 Å². The van der Waals surface area contributed by atoms with E-state index in [0.29, 0.717) is 5.56 Å². The van der Waals surface area contributed by atoms with Crippen molar-refractivity contribution in [1.82, 2.24) is 0 Å². The van der Waals surface area contributed by atoms with Gasteiger partial charge in [0.2, 0.25) is 0 Å². The predicted octanol–water partition coefficient (Wildman–Crippen LogP) is 3.73. The van der Waals surface area contributed by atoms with Crippen molar-refractivity contribution in [2.45, 2.75) is 0 Å². The van der Waals surface area contributed by atoms with Crippen LogP contribution in [0.3, 0.4) is 0 Å². The van der Waals surface area contributed by atoms with Crippen molar-refractivity contribution in [3.63, 3.8) is 0 Å². The summed E-state index contributed by atoms with van der Waals surface area (Å²) in [7, 11) is 0. The summed E-state index contributed by atoms with van der Waals surface area (Å²) in [6.07, 6.45) is 4.10. The summed E-state index contributed by atoms with van der Waals surface area (Å²) in [6.45, 7) is 0. The van der Waals surface area contributed by atoms with E-state index < -0.39 is 0 Å². The number of hydrogen-bond donors (Lipinski definition) is 0. The molecule has 76 valence electrons. The lowest BCUT2D eigenvalue weighted by Gasteiger charge is -1.94. The molecule has 0 radical (unpaired) electrons. The Labute approximate surface area is 95.3 Å². The summed E-state index contributed by atoms with van der Waals surface area (Å²) >= 11 is 0. The van der Waals surface area contributed by atoms with Crippen LogP contribution in [0, 0.1) is 11.3 Å². The normalized spacial score (nSPS) is 10.2. The molecule has 0 aromatic heterocycles. The minimum Gasteiger partial charge on any atom is -0.192 e. The Bertz CT molecular complexity index is 516. The minimum absolute atomic E-state index is 0.692. The first-order valence-corrected chi connectivity index (χ1v) is 5.12. The van der Waals surface area contributed by atoms with Gasteiger partial charge in [-0.05, 0) is 23.3 Å². The molecular weight excluding hydrogens is 194 g/mol. The van der Waals surface area contributed by atoms with Crippen LogP contribution in [0.15, 0.2) is 54.6 Å². The first-order chi connectivity index (χ1) is 7.88. The Morgan fingerprint density at radius 2 is 1.31 bits per heavy atom. The van der Waals surface area contributed by atoms with Crippen LogP contribution in [-0.2, 0) is 0 Å². The van der Waals surface area contributed by atoms with Gasteiger partial charge in [0.1, 0.15) is 0 Å². The van der Waals surface area contributed by atoms with Gasteiger partial charge in [-0.2, -0.15) is 5.26 Å². The smallest absolute Gasteiger partial charge is 0.0991 e. The molecule has 0 unspecified atom stereocenters. The third-order valence-electron chi connectivity index (χ3n) is 2.31. The summed E-state index contributed by atoms with van der Waals surface area (Å²) in [5, 5.41) is 8.67. The van der Waals surface area contributed by atoms with Crippen molar-refractivity contribution in [1.29, 1.82) is 5.26 Å². The first kappa shape index (κ1) is 10.2. The Hall–Kier alpha value is -2.33. The van der Waals surface area contributed by atoms with Gasteiger partial charge in [0.15, 0.2) is 0 Å². The van der Waals surface area contributed by atoms with Crippen LogP contribution in [-0.4, -0.2) is 0 Å². The van der Waals surface area contributed by atoms with Crippen LogP contribution >= 0.6 is 0 Å². The molecule has 1 heteroatoms. The lowest BCUT2D eigenvalue weighted by atomic mass is 10.1. The fourth-order valence-electron chi connectivity index (χ4n) is 1.43. The molecule has 0 bridgehead atoms. The van der Waals surface area contributed by atoms with Crippen LogP contribution in [0.1, 0.15) is 16.7 Å². The van der Waals surface area contributed by atoms with Crippen molar-refractivity contribution < 1.29 is 0 Å². The SMILES string of the molecule is N#Cc1ccc(/C=C\c2ccccc2)cc1. The number of nitriles is 1. The second-order valence-electron chi connectivity index (χ2n) is 3.48. The number of nitrogens with zero attached hydrogens (tertiary/aromatic N) is 1. The summed E-state index contributed by atoms with van der Waals surface area (Å²) in [5.74, 6) is 0. The predicted molar refractivity (Wildman–Crippen MR) is 66.5 cm³/mol. The molecule has 0 aliphatic heterocycles. The molecule has 0 heterocycles. The average molecular weight is 205 g/mol. The quantitative estimate of drug-likeness (QED) is 0.685. The van der Waals surface area contributed by atoms with Gasteiger partial charge in [-0.25, -0.2) is 0 Å². The second-order valence-corrected chi connectivity index (χ2v) is 3.48. The highest BCUT2D eigenvalue weighted by Gasteiger charge is 1.89. The van der Waals surface area contributed by atoms with Crippen molar-refractivity contribution in [2.75, 3.05) is 0 Å². The Kier molecular flexibility index (Phi) is 3.15. The molecule has 0 atom stereocenters. The Balaban J connectivity index is 2.15. The van der Waals surface area contributed by atoms with Gasteiger partial charge in [0, 0.05) is 0 Å². The zero-order valence-corrected chi connectivity index (χ0v) is 8.80. The fourth-order valence-corrected chi connectivity index (χ4v) is 1.43. The molecule has 2 rings (SSSR count). The molecule has 0 aliphatic rings. The van der Waals surface area contributed by atoms with Gasteiger partial charge >= 0.3 is 0 Å². The monoisotopic (exact) mass is 205 g/mol. The van der Waals surface area contributed by atoms with Crippen molar-refractivity contribution >= 4 is 12.2 Å². The number of hydrogen-bond acceptors (Lipinski definition) is 1. The maximum absolute atomic E-state index is 8.67. The van der Waals surface area contributed by atoms with Crippen LogP contribution in [0.5, 0.6) is 0 Å². The molecule has 0 fully saturated rings. The van der Waals surface area contributed by atoms with E-state index in [1.807, 2.05) is 48.5 Å². The topological polar surface area (TPSA) is 23.8 Å². The maximum Gasteiger partial charge on any atom is 0.0991 e. The van der Waals surface area contributed by atoms with Gasteiger partial charge in [0.05, 0.1) is 11.6 Å². The summed E-state index contributed by atoms with van der Waals surface area (Å²) < 4.78 is 0. The molecule has 0 N–H and O–H groups in total. The van der Waals surface area contributed by atoms with E-state index in [1.54, 1.807) is 0 Å². The number of benzene rings is 2. The summed E-state index contributed by atoms with van der Waals surface area (Å²) in [6, 6.07) is 19.8. The zero-order valence-electron chi connectivity index (χ0n) is 8.80. The van der Waals surface area contributed by atoms with Crippen molar-refractivity contribution in [3.05, 3.63) is 71.3 Å². The highest BCUT2D eigenvalue weighted by molar-refractivity contribution is 5.69. The lowest BCUT2D eigenvalue weighted by molar-refractivity contribution is 1.48. The van der Waals surface area contributed by atoms with E-state index in [2.05, 4.69) is 24.3 Å². The molecule has 16 heavy (non-hydrogen) atoms. The molecule has 0 saturated heterocycles. The average Bonchev–Trinajstić information content (AvgIpc) is 2.38. The minimum atomic E-state index is 0.692. The van der Waals surface area contributed by atoms with E-state index in [-0.39, 0.29) is 0 Å². The highest BCUT2D eigenvalue weighted by atomic mass is 14.2. The second kappa shape index (κ2) is 4.95. The third-order valence-corrected chi connectivity index (χ3v) is 2.31. The van der Waals surface area contributed by atoms with Gasteiger partial charge in [-0.3, -0.25) is 0 Å². The standard InChI is InChI=1S/C15H11N/c16-12-15-10-8-14(9-11-15)7-6-13-4-2-1-3-5-13/h1-11H/b7-6-. The molecule has 2 aromatic rings. The molecule has 0 amide bonds. The zero-order chi connectivity index (χ0) is 11.2. The van der Waals surface area contributed by atoms with E-state index in [1.165, 1.54) is 5.56 Å². The summed E-state index contributed by atoms with van der Waals surface area (Å²) in [5.41, 5.74) is 2.96. The fraction of sp³-hybridized carbons (Fsp3) is 0. The van der Waals surface area contributed by atoms with Crippen LogP contribution in [0.2, 0.25) is 0 Å². The highest BCUT2D eigenvalue weighted by Crippen LogP contribution is 2.09. The van der Waals surface area contributed by atoms with Gasteiger partial charge < -0.3 is 0 Å². The van der Waals surface area contributed by atoms with Gasteiger partial charge in [0.25, 0.3) is 0 Å². The molecule has 0 saturated carbocycles. The largest absolute Gasteiger partial charge is 0.192 e. The van der Waals surface area contributed by atoms with Gasteiger partial charge in [-0.1, -0.05) is 54.6 Å². The van der Waals surface area contributed by atoms with E-state index in [0.717, 1.165) is 5.56 Å². The van der Waals surface area contributed by atoms with E-state index >= 15 is 0 Å². The Morgan fingerprint density at radius 1 is 0.750 bits per heavy atom. The van der Waals surface area contributed by atoms with E-state index in [9.17, 15) is 0 Å². The maximum atomic E-state index is 8.67. The van der Waals surface area contributed by atoms with Crippen LogP contribution in [0.4, 0.5) is 0 Å². The third kappa shape index (κ3) is 2.59. The van der Waals surface area contributed by atoms with Crippen LogP contribution in [0.25, 0.3) is 12.2 Å².